The smallest absolute Gasteiger partial charge is 0.113 e. The van der Waals surface area contributed by atoms with Gasteiger partial charge in [0.2, 0.25) is 0 Å². The molecular weight excluding hydrogens is 284 g/mol. The van der Waals surface area contributed by atoms with Gasteiger partial charge in [0, 0.05) is 11.3 Å². The number of nitrogens with zero attached hydrogens (tertiary/aromatic N) is 3. The highest BCUT2D eigenvalue weighted by molar-refractivity contribution is 5.86. The van der Waals surface area contributed by atoms with E-state index < -0.39 is 0 Å². The highest BCUT2D eigenvalue weighted by Gasteiger charge is 2.08. The fraction of sp³-hybridized carbons (Fsp3) is 0.0526. The lowest BCUT2D eigenvalue weighted by atomic mass is 10.1. The highest BCUT2D eigenvalue weighted by atomic mass is 15.4. The molecule has 0 saturated carbocycles. The SMILES string of the molecule is Cc1ccc(N)cc1-n1cc(-c2ccc3ccccc3c2)nn1. The van der Waals surface area contributed by atoms with Gasteiger partial charge in [0.05, 0.1) is 11.9 Å². The van der Waals surface area contributed by atoms with Gasteiger partial charge in [0.15, 0.2) is 0 Å². The van der Waals surface area contributed by atoms with E-state index in [2.05, 4.69) is 40.6 Å². The summed E-state index contributed by atoms with van der Waals surface area (Å²) in [4.78, 5) is 0. The van der Waals surface area contributed by atoms with Gasteiger partial charge in [-0.1, -0.05) is 47.7 Å². The Morgan fingerprint density at radius 3 is 2.61 bits per heavy atom. The highest BCUT2D eigenvalue weighted by Crippen LogP contribution is 2.24. The summed E-state index contributed by atoms with van der Waals surface area (Å²) in [6, 6.07) is 20.4. The molecular formula is C19H16N4. The number of nitrogen functional groups attached to an aromatic ring is 1. The predicted octanol–water partition coefficient (Wildman–Crippen LogP) is 3.98. The average molecular weight is 300 g/mol. The number of benzene rings is 3. The van der Waals surface area contributed by atoms with Crippen molar-refractivity contribution in [2.45, 2.75) is 6.92 Å². The van der Waals surface area contributed by atoms with E-state index in [1.165, 1.54) is 10.8 Å². The zero-order chi connectivity index (χ0) is 15.8. The maximum absolute atomic E-state index is 5.88. The van der Waals surface area contributed by atoms with Crippen LogP contribution in [0.15, 0.2) is 66.9 Å². The molecule has 0 aliphatic rings. The molecule has 0 fully saturated rings. The molecule has 3 aromatic carbocycles. The van der Waals surface area contributed by atoms with Gasteiger partial charge >= 0.3 is 0 Å². The first kappa shape index (κ1) is 13.5. The number of anilines is 1. The van der Waals surface area contributed by atoms with E-state index in [0.29, 0.717) is 5.69 Å². The molecule has 0 spiro atoms. The Balaban J connectivity index is 1.78. The van der Waals surface area contributed by atoms with Crippen LogP contribution in [-0.4, -0.2) is 15.0 Å². The van der Waals surface area contributed by atoms with Gasteiger partial charge in [0.1, 0.15) is 5.69 Å². The molecule has 23 heavy (non-hydrogen) atoms. The first-order valence-corrected chi connectivity index (χ1v) is 7.49. The van der Waals surface area contributed by atoms with Gasteiger partial charge in [-0.15, -0.1) is 5.10 Å². The molecule has 4 nitrogen and oxygen atoms in total. The molecule has 4 aromatic rings. The molecule has 2 N–H and O–H groups in total. The Morgan fingerprint density at radius 2 is 1.74 bits per heavy atom. The summed E-state index contributed by atoms with van der Waals surface area (Å²) in [6.07, 6.45) is 1.94. The van der Waals surface area contributed by atoms with Crippen molar-refractivity contribution in [2.75, 3.05) is 5.73 Å². The largest absolute Gasteiger partial charge is 0.399 e. The van der Waals surface area contributed by atoms with Crippen LogP contribution in [0.5, 0.6) is 0 Å². The van der Waals surface area contributed by atoms with Crippen molar-refractivity contribution in [3.63, 3.8) is 0 Å². The Morgan fingerprint density at radius 1 is 0.913 bits per heavy atom. The molecule has 0 radical (unpaired) electrons. The molecule has 4 rings (SSSR count). The summed E-state index contributed by atoms with van der Waals surface area (Å²) in [5, 5.41) is 11.0. The van der Waals surface area contributed by atoms with Crippen molar-refractivity contribution in [1.82, 2.24) is 15.0 Å². The summed E-state index contributed by atoms with van der Waals surface area (Å²) in [5.41, 5.74) is 10.6. The van der Waals surface area contributed by atoms with Crippen molar-refractivity contribution >= 4 is 16.5 Å². The standard InChI is InChI=1S/C19H16N4/c1-13-6-9-17(20)11-19(13)23-12-18(21-22-23)16-8-7-14-4-2-3-5-15(14)10-16/h2-12H,20H2,1H3. The van der Waals surface area contributed by atoms with E-state index in [4.69, 9.17) is 5.73 Å². The van der Waals surface area contributed by atoms with Crippen molar-refractivity contribution in [2.24, 2.45) is 0 Å². The molecule has 0 atom stereocenters. The Hall–Kier alpha value is -3.14. The average Bonchev–Trinajstić information content (AvgIpc) is 3.06. The van der Waals surface area contributed by atoms with Crippen LogP contribution in [0.1, 0.15) is 5.56 Å². The van der Waals surface area contributed by atoms with Gasteiger partial charge in [-0.2, -0.15) is 0 Å². The van der Waals surface area contributed by atoms with Crippen molar-refractivity contribution in [3.05, 3.63) is 72.4 Å². The van der Waals surface area contributed by atoms with Gasteiger partial charge in [-0.25, -0.2) is 4.68 Å². The second-order valence-electron chi connectivity index (χ2n) is 5.66. The normalized spacial score (nSPS) is 11.0. The van der Waals surface area contributed by atoms with E-state index in [0.717, 1.165) is 22.5 Å². The molecule has 4 heteroatoms. The number of aryl methyl sites for hydroxylation is 1. The van der Waals surface area contributed by atoms with Crippen LogP contribution in [0.2, 0.25) is 0 Å². The molecule has 0 aliphatic heterocycles. The summed E-state index contributed by atoms with van der Waals surface area (Å²) in [5.74, 6) is 0. The van der Waals surface area contributed by atoms with Gasteiger partial charge in [-0.05, 0) is 41.5 Å². The second-order valence-corrected chi connectivity index (χ2v) is 5.66. The second kappa shape index (κ2) is 5.25. The molecule has 1 aromatic heterocycles. The number of hydrogen-bond donors (Lipinski definition) is 1. The van der Waals surface area contributed by atoms with Crippen LogP contribution >= 0.6 is 0 Å². The monoisotopic (exact) mass is 300 g/mol. The number of hydrogen-bond acceptors (Lipinski definition) is 3. The fourth-order valence-corrected chi connectivity index (χ4v) is 2.74. The summed E-state index contributed by atoms with van der Waals surface area (Å²) >= 11 is 0. The maximum Gasteiger partial charge on any atom is 0.113 e. The van der Waals surface area contributed by atoms with E-state index in [1.54, 1.807) is 4.68 Å². The van der Waals surface area contributed by atoms with Crippen LogP contribution in [0.4, 0.5) is 5.69 Å². The quantitative estimate of drug-likeness (QED) is 0.570. The minimum atomic E-state index is 0.716. The summed E-state index contributed by atoms with van der Waals surface area (Å²) in [6.45, 7) is 2.03. The van der Waals surface area contributed by atoms with E-state index in [-0.39, 0.29) is 0 Å². The third kappa shape index (κ3) is 2.44. The lowest BCUT2D eigenvalue weighted by Crippen LogP contribution is -1.99. The van der Waals surface area contributed by atoms with Crippen LogP contribution in [-0.2, 0) is 0 Å². The lowest BCUT2D eigenvalue weighted by molar-refractivity contribution is 0.799. The molecule has 0 aliphatic carbocycles. The van der Waals surface area contributed by atoms with Crippen molar-refractivity contribution < 1.29 is 0 Å². The van der Waals surface area contributed by atoms with Crippen molar-refractivity contribution in [1.29, 1.82) is 0 Å². The third-order valence-electron chi connectivity index (χ3n) is 4.02. The number of nitrogens with two attached hydrogens (primary N) is 1. The molecule has 1 heterocycles. The third-order valence-corrected chi connectivity index (χ3v) is 4.02. The maximum atomic E-state index is 5.88. The van der Waals surface area contributed by atoms with Gasteiger partial charge in [-0.3, -0.25) is 0 Å². The van der Waals surface area contributed by atoms with E-state index >= 15 is 0 Å². The zero-order valence-corrected chi connectivity index (χ0v) is 12.8. The van der Waals surface area contributed by atoms with Gasteiger partial charge < -0.3 is 5.73 Å². The minimum absolute atomic E-state index is 0.716. The fourth-order valence-electron chi connectivity index (χ4n) is 2.74. The zero-order valence-electron chi connectivity index (χ0n) is 12.8. The number of fused-ring (bicyclic) bond motifs is 1. The van der Waals surface area contributed by atoms with Crippen LogP contribution in [0.3, 0.4) is 0 Å². The molecule has 112 valence electrons. The predicted molar refractivity (Wildman–Crippen MR) is 93.5 cm³/mol. The van der Waals surface area contributed by atoms with Crippen LogP contribution < -0.4 is 5.73 Å². The number of rotatable bonds is 2. The summed E-state index contributed by atoms with van der Waals surface area (Å²) < 4.78 is 1.77. The molecule has 0 amide bonds. The summed E-state index contributed by atoms with van der Waals surface area (Å²) in [7, 11) is 0. The van der Waals surface area contributed by atoms with Crippen LogP contribution in [0.25, 0.3) is 27.7 Å². The number of aromatic nitrogens is 3. The Bertz CT molecular complexity index is 1000. The topological polar surface area (TPSA) is 56.7 Å². The lowest BCUT2D eigenvalue weighted by Gasteiger charge is -2.05. The van der Waals surface area contributed by atoms with Crippen LogP contribution in [0, 0.1) is 6.92 Å². The minimum Gasteiger partial charge on any atom is -0.399 e. The molecule has 0 unspecified atom stereocenters. The Labute approximate surface area is 134 Å². The molecule has 0 bridgehead atoms. The van der Waals surface area contributed by atoms with Crippen molar-refractivity contribution in [3.8, 4) is 16.9 Å². The van der Waals surface area contributed by atoms with E-state index in [9.17, 15) is 0 Å². The Kier molecular flexibility index (Phi) is 3.08. The molecule has 0 saturated heterocycles. The first-order valence-electron chi connectivity index (χ1n) is 7.49. The van der Waals surface area contributed by atoms with Gasteiger partial charge in [0.25, 0.3) is 0 Å². The first-order chi connectivity index (χ1) is 11.2. The van der Waals surface area contributed by atoms with E-state index in [1.807, 2.05) is 43.5 Å².